The van der Waals surface area contributed by atoms with Crippen LogP contribution in [0.4, 0.5) is 11.4 Å². The predicted octanol–water partition coefficient (Wildman–Crippen LogP) is 1.77. The van der Waals surface area contributed by atoms with E-state index in [9.17, 15) is 4.79 Å². The lowest BCUT2D eigenvalue weighted by molar-refractivity contribution is -0.119. The van der Waals surface area contributed by atoms with Crippen LogP contribution in [0.2, 0.25) is 0 Å². The molecule has 0 bridgehead atoms. The van der Waals surface area contributed by atoms with Crippen molar-refractivity contribution in [3.63, 3.8) is 0 Å². The van der Waals surface area contributed by atoms with Gasteiger partial charge in [-0.05, 0) is 38.8 Å². The average molecular weight is 277 g/mol. The lowest BCUT2D eigenvalue weighted by Gasteiger charge is -2.22. The molecule has 1 fully saturated rings. The monoisotopic (exact) mass is 277 g/mol. The van der Waals surface area contributed by atoms with E-state index in [1.54, 1.807) is 0 Å². The van der Waals surface area contributed by atoms with Crippen molar-refractivity contribution in [1.82, 2.24) is 5.32 Å². The molecule has 0 atom stereocenters. The van der Waals surface area contributed by atoms with Gasteiger partial charge in [-0.1, -0.05) is 6.07 Å². The maximum atomic E-state index is 11.8. The van der Waals surface area contributed by atoms with E-state index in [1.165, 1.54) is 0 Å². The number of hydrogen-bond acceptors (Lipinski definition) is 4. The molecule has 0 unspecified atom stereocenters. The lowest BCUT2D eigenvalue weighted by atomic mass is 10.2. The van der Waals surface area contributed by atoms with E-state index in [2.05, 4.69) is 5.32 Å². The molecule has 0 aromatic heterocycles. The molecule has 3 N–H and O–H groups in total. The molecular formula is C15H23N3O2. The SMILES string of the molecule is CC(C)Oc1cccc(N(C)CC(=O)NC2CC2)c1N. The van der Waals surface area contributed by atoms with Crippen LogP contribution in [-0.2, 0) is 4.79 Å². The molecule has 0 spiro atoms. The van der Waals surface area contributed by atoms with Crippen LogP contribution in [-0.4, -0.2) is 31.6 Å². The van der Waals surface area contributed by atoms with Gasteiger partial charge >= 0.3 is 0 Å². The summed E-state index contributed by atoms with van der Waals surface area (Å²) in [7, 11) is 1.86. The number of anilines is 2. The first-order valence-electron chi connectivity index (χ1n) is 7.03. The second-order valence-corrected chi connectivity index (χ2v) is 5.55. The Balaban J connectivity index is 2.04. The molecule has 2 rings (SSSR count). The van der Waals surface area contributed by atoms with Crippen molar-refractivity contribution in [3.05, 3.63) is 18.2 Å². The molecule has 5 nitrogen and oxygen atoms in total. The number of nitrogens with zero attached hydrogens (tertiary/aromatic N) is 1. The highest BCUT2D eigenvalue weighted by atomic mass is 16.5. The summed E-state index contributed by atoms with van der Waals surface area (Å²) in [4.78, 5) is 13.7. The zero-order valence-electron chi connectivity index (χ0n) is 12.3. The molecule has 1 saturated carbocycles. The van der Waals surface area contributed by atoms with Gasteiger partial charge in [0.15, 0.2) is 0 Å². The van der Waals surface area contributed by atoms with E-state index < -0.39 is 0 Å². The van der Waals surface area contributed by atoms with Gasteiger partial charge in [-0.3, -0.25) is 4.79 Å². The van der Waals surface area contributed by atoms with Crippen LogP contribution in [0.25, 0.3) is 0 Å². The first-order valence-corrected chi connectivity index (χ1v) is 7.03. The van der Waals surface area contributed by atoms with Gasteiger partial charge < -0.3 is 20.7 Å². The number of hydrogen-bond donors (Lipinski definition) is 2. The summed E-state index contributed by atoms with van der Waals surface area (Å²) >= 11 is 0. The summed E-state index contributed by atoms with van der Waals surface area (Å²) in [5.41, 5.74) is 7.51. The van der Waals surface area contributed by atoms with Crippen LogP contribution in [0.1, 0.15) is 26.7 Å². The third-order valence-electron chi connectivity index (χ3n) is 3.14. The van der Waals surface area contributed by atoms with Gasteiger partial charge in [0.25, 0.3) is 0 Å². The molecular weight excluding hydrogens is 254 g/mol. The molecule has 0 saturated heterocycles. The van der Waals surface area contributed by atoms with Gasteiger partial charge in [0.2, 0.25) is 5.91 Å². The van der Waals surface area contributed by atoms with Gasteiger partial charge in [0.1, 0.15) is 5.75 Å². The number of para-hydroxylation sites is 1. The quantitative estimate of drug-likeness (QED) is 0.778. The van der Waals surface area contributed by atoms with E-state index in [1.807, 2.05) is 44.0 Å². The highest BCUT2D eigenvalue weighted by Gasteiger charge is 2.24. The predicted molar refractivity (Wildman–Crippen MR) is 81.1 cm³/mol. The summed E-state index contributed by atoms with van der Waals surface area (Å²) in [6.07, 6.45) is 2.25. The summed E-state index contributed by atoms with van der Waals surface area (Å²) in [5, 5.41) is 2.97. The van der Waals surface area contributed by atoms with E-state index in [0.717, 1.165) is 18.5 Å². The molecule has 20 heavy (non-hydrogen) atoms. The Morgan fingerprint density at radius 3 is 2.80 bits per heavy atom. The van der Waals surface area contributed by atoms with Crippen molar-refractivity contribution in [2.45, 2.75) is 38.8 Å². The molecule has 0 radical (unpaired) electrons. The number of benzene rings is 1. The maximum Gasteiger partial charge on any atom is 0.239 e. The Labute approximate surface area is 120 Å². The number of nitrogen functional groups attached to an aromatic ring is 1. The minimum atomic E-state index is 0.0320. The number of nitrogens with one attached hydrogen (secondary N) is 1. The fourth-order valence-electron chi connectivity index (χ4n) is 2.02. The van der Waals surface area contributed by atoms with Crippen LogP contribution in [0.3, 0.4) is 0 Å². The van der Waals surface area contributed by atoms with Crippen molar-refractivity contribution in [2.24, 2.45) is 0 Å². The zero-order valence-corrected chi connectivity index (χ0v) is 12.3. The summed E-state index contributed by atoms with van der Waals surface area (Å²) < 4.78 is 5.66. The summed E-state index contributed by atoms with van der Waals surface area (Å²) in [6, 6.07) is 6.01. The van der Waals surface area contributed by atoms with E-state index in [0.29, 0.717) is 24.0 Å². The molecule has 1 aliphatic carbocycles. The number of ether oxygens (including phenoxy) is 1. The van der Waals surface area contributed by atoms with E-state index in [-0.39, 0.29) is 12.0 Å². The van der Waals surface area contributed by atoms with Gasteiger partial charge in [-0.2, -0.15) is 0 Å². The van der Waals surface area contributed by atoms with E-state index in [4.69, 9.17) is 10.5 Å². The average Bonchev–Trinajstić information content (AvgIpc) is 3.14. The fraction of sp³-hybridized carbons (Fsp3) is 0.533. The molecule has 5 heteroatoms. The molecule has 0 aliphatic heterocycles. The van der Waals surface area contributed by atoms with E-state index >= 15 is 0 Å². The summed E-state index contributed by atoms with van der Waals surface area (Å²) in [6.45, 7) is 4.21. The molecule has 1 amide bonds. The Bertz CT molecular complexity index is 484. The third kappa shape index (κ3) is 3.79. The Morgan fingerprint density at radius 2 is 2.20 bits per heavy atom. The van der Waals surface area contributed by atoms with Crippen LogP contribution < -0.4 is 20.7 Å². The van der Waals surface area contributed by atoms with Crippen molar-refractivity contribution >= 4 is 17.3 Å². The first kappa shape index (κ1) is 14.5. The molecule has 0 heterocycles. The van der Waals surface area contributed by atoms with Crippen molar-refractivity contribution < 1.29 is 9.53 Å². The number of nitrogens with two attached hydrogens (primary N) is 1. The Kier molecular flexibility index (Phi) is 4.37. The topological polar surface area (TPSA) is 67.6 Å². The van der Waals surface area contributed by atoms with Crippen LogP contribution in [0.5, 0.6) is 5.75 Å². The van der Waals surface area contributed by atoms with Gasteiger partial charge in [0.05, 0.1) is 24.0 Å². The van der Waals surface area contributed by atoms with Crippen molar-refractivity contribution in [3.8, 4) is 5.75 Å². The number of likely N-dealkylation sites (N-methyl/N-ethyl adjacent to an activating group) is 1. The molecule has 1 aromatic carbocycles. The summed E-state index contributed by atoms with van der Waals surface area (Å²) in [5.74, 6) is 0.691. The van der Waals surface area contributed by atoms with Crippen molar-refractivity contribution in [2.75, 3.05) is 24.2 Å². The minimum Gasteiger partial charge on any atom is -0.489 e. The number of carbonyl (C=O) groups is 1. The zero-order chi connectivity index (χ0) is 14.7. The molecule has 1 aliphatic rings. The van der Waals surface area contributed by atoms with Crippen LogP contribution in [0.15, 0.2) is 18.2 Å². The van der Waals surface area contributed by atoms with Gasteiger partial charge in [0, 0.05) is 13.1 Å². The number of amides is 1. The Morgan fingerprint density at radius 1 is 1.50 bits per heavy atom. The number of rotatable bonds is 6. The second-order valence-electron chi connectivity index (χ2n) is 5.55. The highest BCUT2D eigenvalue weighted by molar-refractivity contribution is 5.84. The third-order valence-corrected chi connectivity index (χ3v) is 3.14. The largest absolute Gasteiger partial charge is 0.489 e. The minimum absolute atomic E-state index is 0.0320. The molecule has 110 valence electrons. The molecule has 1 aromatic rings. The maximum absolute atomic E-state index is 11.8. The normalized spacial score (nSPS) is 14.2. The van der Waals surface area contributed by atoms with Gasteiger partial charge in [-0.25, -0.2) is 0 Å². The lowest BCUT2D eigenvalue weighted by Crippen LogP contribution is -2.36. The van der Waals surface area contributed by atoms with Crippen LogP contribution >= 0.6 is 0 Å². The first-order chi connectivity index (χ1) is 9.47. The Hall–Kier alpha value is -1.91. The smallest absolute Gasteiger partial charge is 0.239 e. The van der Waals surface area contributed by atoms with Crippen molar-refractivity contribution in [1.29, 1.82) is 0 Å². The fourth-order valence-corrected chi connectivity index (χ4v) is 2.02. The van der Waals surface area contributed by atoms with Gasteiger partial charge in [-0.15, -0.1) is 0 Å². The highest BCUT2D eigenvalue weighted by Crippen LogP contribution is 2.32. The van der Waals surface area contributed by atoms with Crippen LogP contribution in [0, 0.1) is 0 Å². The number of carbonyl (C=O) groups excluding carboxylic acids is 1. The standard InChI is InChI=1S/C15H23N3O2/c1-10(2)20-13-6-4-5-12(15(13)16)18(3)9-14(19)17-11-7-8-11/h4-6,10-11H,7-9,16H2,1-3H3,(H,17,19). The second kappa shape index (κ2) is 6.03.